The molecule has 0 saturated carbocycles. The summed E-state index contributed by atoms with van der Waals surface area (Å²) in [4.78, 5) is 0. The van der Waals surface area contributed by atoms with Gasteiger partial charge in [-0.05, 0) is 30.7 Å². The van der Waals surface area contributed by atoms with Gasteiger partial charge >= 0.3 is 0 Å². The summed E-state index contributed by atoms with van der Waals surface area (Å²) in [6, 6.07) is 10.4. The third-order valence-corrected chi connectivity index (χ3v) is 3.49. The lowest BCUT2D eigenvalue weighted by atomic mass is 9.89. The number of rotatable bonds is 2. The van der Waals surface area contributed by atoms with E-state index in [-0.39, 0.29) is 0 Å². The monoisotopic (exact) mass is 243 g/mol. The zero-order chi connectivity index (χ0) is 12.5. The highest BCUT2D eigenvalue weighted by atomic mass is 16.5. The minimum Gasteiger partial charge on any atom is -0.497 e. The fourth-order valence-electron chi connectivity index (χ4n) is 2.59. The van der Waals surface area contributed by atoms with Crippen LogP contribution in [0.1, 0.15) is 28.6 Å². The van der Waals surface area contributed by atoms with Gasteiger partial charge in [-0.25, -0.2) is 0 Å². The predicted octanol–water partition coefficient (Wildman–Crippen LogP) is 2.83. The Morgan fingerprint density at radius 2 is 2.06 bits per heavy atom. The standard InChI is InChI=1S/C15H17NO2/c1-10-7-13-14(8-16-9-15(13)18-10)11-3-5-12(17-2)6-4-11/h3-7,14,16H,8-9H2,1-2H3. The second kappa shape index (κ2) is 4.50. The Kier molecular flexibility index (Phi) is 2.84. The minimum atomic E-state index is 0.372. The number of nitrogens with one attached hydrogen (secondary N) is 1. The molecule has 0 saturated heterocycles. The lowest BCUT2D eigenvalue weighted by Gasteiger charge is -2.23. The summed E-state index contributed by atoms with van der Waals surface area (Å²) in [5.41, 5.74) is 2.61. The quantitative estimate of drug-likeness (QED) is 0.880. The molecule has 18 heavy (non-hydrogen) atoms. The van der Waals surface area contributed by atoms with Crippen LogP contribution in [0.5, 0.6) is 5.75 Å². The molecule has 1 aliphatic heterocycles. The first-order valence-electron chi connectivity index (χ1n) is 6.22. The van der Waals surface area contributed by atoms with E-state index in [1.807, 2.05) is 19.1 Å². The summed E-state index contributed by atoms with van der Waals surface area (Å²) in [5, 5.41) is 3.41. The summed E-state index contributed by atoms with van der Waals surface area (Å²) in [6.45, 7) is 3.79. The van der Waals surface area contributed by atoms with Gasteiger partial charge in [0.15, 0.2) is 0 Å². The maximum absolute atomic E-state index is 5.72. The van der Waals surface area contributed by atoms with Gasteiger partial charge in [0.25, 0.3) is 0 Å². The summed E-state index contributed by atoms with van der Waals surface area (Å²) in [7, 11) is 1.69. The molecule has 1 unspecified atom stereocenters. The van der Waals surface area contributed by atoms with Crippen LogP contribution in [0.25, 0.3) is 0 Å². The average molecular weight is 243 g/mol. The number of ether oxygens (including phenoxy) is 1. The van der Waals surface area contributed by atoms with E-state index in [2.05, 4.69) is 23.5 Å². The number of benzene rings is 1. The van der Waals surface area contributed by atoms with E-state index in [1.165, 1.54) is 11.1 Å². The fraction of sp³-hybridized carbons (Fsp3) is 0.333. The van der Waals surface area contributed by atoms with Crippen LogP contribution in [0.15, 0.2) is 34.7 Å². The zero-order valence-corrected chi connectivity index (χ0v) is 10.7. The number of methoxy groups -OCH3 is 1. The highest BCUT2D eigenvalue weighted by molar-refractivity contribution is 5.39. The van der Waals surface area contributed by atoms with E-state index in [1.54, 1.807) is 7.11 Å². The first-order valence-corrected chi connectivity index (χ1v) is 6.22. The highest BCUT2D eigenvalue weighted by Gasteiger charge is 2.24. The minimum absolute atomic E-state index is 0.372. The maximum Gasteiger partial charge on any atom is 0.121 e. The molecule has 3 rings (SSSR count). The van der Waals surface area contributed by atoms with Gasteiger partial charge in [0.05, 0.1) is 13.7 Å². The Hall–Kier alpha value is -1.74. The number of furan rings is 1. The van der Waals surface area contributed by atoms with Crippen LogP contribution in [0, 0.1) is 6.92 Å². The van der Waals surface area contributed by atoms with Crippen molar-refractivity contribution in [3.8, 4) is 5.75 Å². The molecule has 2 aromatic rings. The van der Waals surface area contributed by atoms with Crippen molar-refractivity contribution >= 4 is 0 Å². The third kappa shape index (κ3) is 1.91. The maximum atomic E-state index is 5.72. The van der Waals surface area contributed by atoms with Crippen LogP contribution in [0.2, 0.25) is 0 Å². The molecule has 0 spiro atoms. The van der Waals surface area contributed by atoms with Gasteiger partial charge in [0, 0.05) is 18.0 Å². The lowest BCUT2D eigenvalue weighted by Crippen LogP contribution is -2.27. The molecule has 1 N–H and O–H groups in total. The van der Waals surface area contributed by atoms with E-state index in [0.717, 1.165) is 30.4 Å². The molecular weight excluding hydrogens is 226 g/mol. The molecule has 1 aromatic heterocycles. The van der Waals surface area contributed by atoms with Crippen molar-refractivity contribution in [2.24, 2.45) is 0 Å². The topological polar surface area (TPSA) is 34.4 Å². The van der Waals surface area contributed by atoms with Crippen molar-refractivity contribution in [3.63, 3.8) is 0 Å². The summed E-state index contributed by atoms with van der Waals surface area (Å²) >= 11 is 0. The van der Waals surface area contributed by atoms with Crippen LogP contribution in [-0.2, 0) is 6.54 Å². The molecule has 0 bridgehead atoms. The smallest absolute Gasteiger partial charge is 0.121 e. The molecule has 94 valence electrons. The first kappa shape index (κ1) is 11.4. The molecule has 0 amide bonds. The van der Waals surface area contributed by atoms with E-state index in [0.29, 0.717) is 5.92 Å². The van der Waals surface area contributed by atoms with Gasteiger partial charge in [-0.15, -0.1) is 0 Å². The van der Waals surface area contributed by atoms with Crippen LogP contribution in [-0.4, -0.2) is 13.7 Å². The zero-order valence-electron chi connectivity index (χ0n) is 10.7. The fourth-order valence-corrected chi connectivity index (χ4v) is 2.59. The second-order valence-corrected chi connectivity index (χ2v) is 4.69. The van der Waals surface area contributed by atoms with Crippen molar-refractivity contribution < 1.29 is 9.15 Å². The van der Waals surface area contributed by atoms with E-state index in [9.17, 15) is 0 Å². The normalized spacial score (nSPS) is 18.4. The molecular formula is C15H17NO2. The highest BCUT2D eigenvalue weighted by Crippen LogP contribution is 2.32. The summed E-state index contributed by atoms with van der Waals surface area (Å²) in [6.07, 6.45) is 0. The van der Waals surface area contributed by atoms with Gasteiger partial charge < -0.3 is 14.5 Å². The molecule has 1 aliphatic rings. The summed E-state index contributed by atoms with van der Waals surface area (Å²) < 4.78 is 10.9. The van der Waals surface area contributed by atoms with Crippen LogP contribution < -0.4 is 10.1 Å². The van der Waals surface area contributed by atoms with Crippen LogP contribution >= 0.6 is 0 Å². The van der Waals surface area contributed by atoms with Gasteiger partial charge in [0.2, 0.25) is 0 Å². The Labute approximate surface area is 107 Å². The van der Waals surface area contributed by atoms with Crippen molar-refractivity contribution in [3.05, 3.63) is 53.0 Å². The molecule has 3 heteroatoms. The predicted molar refractivity (Wildman–Crippen MR) is 70.0 cm³/mol. The first-order chi connectivity index (χ1) is 8.78. The molecule has 0 fully saturated rings. The molecule has 1 aromatic carbocycles. The van der Waals surface area contributed by atoms with E-state index < -0.39 is 0 Å². The third-order valence-electron chi connectivity index (χ3n) is 3.49. The van der Waals surface area contributed by atoms with E-state index >= 15 is 0 Å². The average Bonchev–Trinajstić information content (AvgIpc) is 2.79. The molecule has 0 radical (unpaired) electrons. The number of hydrogen-bond acceptors (Lipinski definition) is 3. The van der Waals surface area contributed by atoms with Crippen molar-refractivity contribution in [1.82, 2.24) is 5.32 Å². The van der Waals surface area contributed by atoms with Crippen molar-refractivity contribution in [2.45, 2.75) is 19.4 Å². The van der Waals surface area contributed by atoms with Crippen LogP contribution in [0.3, 0.4) is 0 Å². The molecule has 2 heterocycles. The summed E-state index contributed by atoms with van der Waals surface area (Å²) in [5.74, 6) is 3.32. The SMILES string of the molecule is COc1ccc(C2CNCc3oc(C)cc32)cc1. The second-order valence-electron chi connectivity index (χ2n) is 4.69. The molecule has 0 aliphatic carbocycles. The number of hydrogen-bond donors (Lipinski definition) is 1. The van der Waals surface area contributed by atoms with Crippen molar-refractivity contribution in [2.75, 3.05) is 13.7 Å². The van der Waals surface area contributed by atoms with Gasteiger partial charge in [-0.3, -0.25) is 0 Å². The Bertz CT molecular complexity index is 542. The van der Waals surface area contributed by atoms with Crippen molar-refractivity contribution in [1.29, 1.82) is 0 Å². The van der Waals surface area contributed by atoms with Gasteiger partial charge in [-0.1, -0.05) is 12.1 Å². The van der Waals surface area contributed by atoms with E-state index in [4.69, 9.17) is 9.15 Å². The number of fused-ring (bicyclic) bond motifs is 1. The van der Waals surface area contributed by atoms with Gasteiger partial charge in [0.1, 0.15) is 17.3 Å². The molecule has 3 nitrogen and oxygen atoms in total. The lowest BCUT2D eigenvalue weighted by molar-refractivity contribution is 0.414. The Morgan fingerprint density at radius 3 is 2.78 bits per heavy atom. The Balaban J connectivity index is 1.97. The number of aryl methyl sites for hydroxylation is 1. The Morgan fingerprint density at radius 1 is 1.28 bits per heavy atom. The largest absolute Gasteiger partial charge is 0.497 e. The molecule has 1 atom stereocenters. The van der Waals surface area contributed by atoms with Crippen LogP contribution in [0.4, 0.5) is 0 Å². The van der Waals surface area contributed by atoms with Gasteiger partial charge in [-0.2, -0.15) is 0 Å².